The van der Waals surface area contributed by atoms with Crippen LogP contribution in [0.1, 0.15) is 44.7 Å². The second kappa shape index (κ2) is 15.5. The number of benzene rings is 1. The maximum absolute atomic E-state index is 6.07. The Hall–Kier alpha value is 0.607. The van der Waals surface area contributed by atoms with Gasteiger partial charge in [-0.25, -0.2) is 4.98 Å². The Morgan fingerprint density at radius 3 is 1.81 bits per heavy atom. The molecule has 2 rings (SSSR count). The molecular weight excluding hydrogens is 443 g/mol. The molecule has 0 aliphatic rings. The molecule has 0 saturated heterocycles. The second-order valence-corrected chi connectivity index (χ2v) is 8.72. The van der Waals surface area contributed by atoms with Crippen LogP contribution in [0.5, 0.6) is 0 Å². The van der Waals surface area contributed by atoms with Gasteiger partial charge in [-0.3, -0.25) is 0 Å². The molecule has 0 aliphatic carbocycles. The molecule has 154 valence electrons. The Morgan fingerprint density at radius 1 is 0.885 bits per heavy atom. The van der Waals surface area contributed by atoms with Gasteiger partial charge in [0, 0.05) is 19.8 Å². The Labute approximate surface area is 190 Å². The maximum Gasteiger partial charge on any atom is 0.511 e. The van der Waals surface area contributed by atoms with Crippen molar-refractivity contribution in [1.29, 1.82) is 0 Å². The Bertz CT molecular complexity index is 552. The highest BCUT2D eigenvalue weighted by molar-refractivity contribution is 7.59. The Kier molecular flexibility index (Phi) is 18.7. The lowest BCUT2D eigenvalue weighted by Gasteiger charge is -2.33. The van der Waals surface area contributed by atoms with Gasteiger partial charge in [0.25, 0.3) is 0 Å². The van der Waals surface area contributed by atoms with Crippen molar-refractivity contribution in [3.8, 4) is 0 Å². The summed E-state index contributed by atoms with van der Waals surface area (Å²) in [4.78, 5) is 4.81. The average Bonchev–Trinajstić information content (AvgIpc) is 2.92. The van der Waals surface area contributed by atoms with Gasteiger partial charge in [-0.1, -0.05) is 19.1 Å². The summed E-state index contributed by atoms with van der Waals surface area (Å²) < 4.78 is 19.4. The van der Waals surface area contributed by atoms with Crippen molar-refractivity contribution >= 4 is 84.3 Å². The van der Waals surface area contributed by atoms with E-state index in [9.17, 15) is 0 Å². The number of hydrogen-bond donors (Lipinski definition) is 0. The number of nitrogens with zero attached hydrogens (tertiary/aromatic N) is 1. The van der Waals surface area contributed by atoms with Gasteiger partial charge in [0.2, 0.25) is 0 Å². The molecule has 0 spiro atoms. The molecule has 1 aromatic heterocycles. The minimum atomic E-state index is -2.78. The molecule has 1 heterocycles. The van der Waals surface area contributed by atoms with Crippen LogP contribution >= 0.6 is 65.3 Å². The zero-order chi connectivity index (χ0) is 16.0. The minimum absolute atomic E-state index is 0. The number of para-hydroxylation sites is 1. The fraction of sp³-hybridized carbons (Fsp3) is 0.562. The standard InChI is InChI=1S/C16H25NO3SSi.4H2S/c1-5-15(22(18-6-2,19-7-3)20-8-4)16-17-13-11-9-10-12-14(13)21-16;;;;/h9-12,15H,5-8H2,1-4H3;4*1H2. The summed E-state index contributed by atoms with van der Waals surface area (Å²) in [6.07, 6.45) is 0.895. The van der Waals surface area contributed by atoms with Crippen molar-refractivity contribution in [3.63, 3.8) is 0 Å². The third kappa shape index (κ3) is 7.21. The molecule has 1 unspecified atom stereocenters. The normalized spacial score (nSPS) is 11.5. The highest BCUT2D eigenvalue weighted by atomic mass is 32.1. The topological polar surface area (TPSA) is 40.6 Å². The van der Waals surface area contributed by atoms with Gasteiger partial charge < -0.3 is 13.3 Å². The minimum Gasteiger partial charge on any atom is -0.373 e. The molecular formula is C16H33NO3S5Si. The third-order valence-corrected chi connectivity index (χ3v) is 8.45. The zero-order valence-electron chi connectivity index (χ0n) is 15.8. The van der Waals surface area contributed by atoms with E-state index in [-0.39, 0.29) is 59.5 Å². The summed E-state index contributed by atoms with van der Waals surface area (Å²) in [7, 11) is -2.78. The fourth-order valence-electron chi connectivity index (χ4n) is 2.65. The third-order valence-electron chi connectivity index (χ3n) is 3.48. The van der Waals surface area contributed by atoms with Crippen molar-refractivity contribution in [1.82, 2.24) is 4.98 Å². The average molecular weight is 476 g/mol. The highest BCUT2D eigenvalue weighted by Crippen LogP contribution is 2.37. The molecule has 0 N–H and O–H groups in total. The van der Waals surface area contributed by atoms with Crippen molar-refractivity contribution in [2.75, 3.05) is 19.8 Å². The van der Waals surface area contributed by atoms with Crippen LogP contribution in [0.15, 0.2) is 24.3 Å². The Morgan fingerprint density at radius 2 is 1.38 bits per heavy atom. The summed E-state index contributed by atoms with van der Waals surface area (Å²) in [6.45, 7) is 9.89. The highest BCUT2D eigenvalue weighted by Gasteiger charge is 2.50. The van der Waals surface area contributed by atoms with Crippen LogP contribution in [0.3, 0.4) is 0 Å². The van der Waals surface area contributed by atoms with E-state index in [1.165, 1.54) is 4.70 Å². The lowest BCUT2D eigenvalue weighted by molar-refractivity contribution is 0.0611. The molecule has 2 aromatic rings. The van der Waals surface area contributed by atoms with Gasteiger partial charge in [-0.2, -0.15) is 54.0 Å². The fourth-order valence-corrected chi connectivity index (χ4v) is 7.23. The molecule has 0 aliphatic heterocycles. The van der Waals surface area contributed by atoms with Crippen LogP contribution < -0.4 is 0 Å². The zero-order valence-corrected chi connectivity index (χ0v) is 21.6. The summed E-state index contributed by atoms with van der Waals surface area (Å²) in [5.74, 6) is 0. The van der Waals surface area contributed by atoms with Gasteiger partial charge in [0.05, 0.1) is 15.8 Å². The number of aromatic nitrogens is 1. The van der Waals surface area contributed by atoms with E-state index in [1.54, 1.807) is 11.3 Å². The first-order valence-corrected chi connectivity index (χ1v) is 10.6. The number of hydrogen-bond acceptors (Lipinski definition) is 5. The Balaban J connectivity index is -0.00000132. The summed E-state index contributed by atoms with van der Waals surface area (Å²) in [5, 5.41) is 1.06. The maximum atomic E-state index is 6.07. The second-order valence-electron chi connectivity index (χ2n) is 4.88. The van der Waals surface area contributed by atoms with Gasteiger partial charge in [0.15, 0.2) is 0 Å². The molecule has 1 aromatic carbocycles. The predicted molar refractivity (Wildman–Crippen MR) is 135 cm³/mol. The summed E-state index contributed by atoms with van der Waals surface area (Å²) in [5.41, 5.74) is 1.12. The van der Waals surface area contributed by atoms with Gasteiger partial charge >= 0.3 is 8.80 Å². The quantitative estimate of drug-likeness (QED) is 0.487. The summed E-state index contributed by atoms with van der Waals surface area (Å²) >= 11 is 1.72. The van der Waals surface area contributed by atoms with E-state index in [4.69, 9.17) is 18.3 Å². The van der Waals surface area contributed by atoms with E-state index in [2.05, 4.69) is 13.0 Å². The molecule has 0 amide bonds. The molecule has 26 heavy (non-hydrogen) atoms. The first kappa shape index (κ1) is 31.3. The molecule has 0 bridgehead atoms. The van der Waals surface area contributed by atoms with Crippen LogP contribution in [-0.4, -0.2) is 33.6 Å². The molecule has 0 radical (unpaired) electrons. The van der Waals surface area contributed by atoms with Crippen LogP contribution in [0.2, 0.25) is 0 Å². The van der Waals surface area contributed by atoms with Crippen LogP contribution in [0.25, 0.3) is 10.2 Å². The molecule has 10 heteroatoms. The number of thiazole rings is 1. The first-order chi connectivity index (χ1) is 10.7. The van der Waals surface area contributed by atoms with Crippen molar-refractivity contribution < 1.29 is 13.3 Å². The van der Waals surface area contributed by atoms with E-state index < -0.39 is 8.80 Å². The monoisotopic (exact) mass is 475 g/mol. The van der Waals surface area contributed by atoms with Crippen LogP contribution in [0.4, 0.5) is 0 Å². The molecule has 0 saturated carbocycles. The SMILES string of the molecule is CCO[Si](OCC)(OCC)C(CC)c1nc2ccccc2s1.S.S.S.S. The van der Waals surface area contributed by atoms with Crippen LogP contribution in [-0.2, 0) is 13.3 Å². The van der Waals surface area contributed by atoms with Gasteiger partial charge in [0.1, 0.15) is 5.01 Å². The molecule has 0 fully saturated rings. The van der Waals surface area contributed by atoms with Crippen molar-refractivity contribution in [2.24, 2.45) is 0 Å². The lowest BCUT2D eigenvalue weighted by atomic mass is 10.3. The van der Waals surface area contributed by atoms with Crippen LogP contribution in [0, 0.1) is 0 Å². The lowest BCUT2D eigenvalue weighted by Crippen LogP contribution is -2.51. The first-order valence-electron chi connectivity index (χ1n) is 7.98. The molecule has 4 nitrogen and oxygen atoms in total. The summed E-state index contributed by atoms with van der Waals surface area (Å²) in [6, 6.07) is 8.22. The molecule has 1 atom stereocenters. The predicted octanol–water partition coefficient (Wildman–Crippen LogP) is 4.83. The van der Waals surface area contributed by atoms with Crippen molar-refractivity contribution in [3.05, 3.63) is 29.3 Å². The van der Waals surface area contributed by atoms with Gasteiger partial charge in [-0.05, 0) is 39.3 Å². The van der Waals surface area contributed by atoms with E-state index >= 15 is 0 Å². The van der Waals surface area contributed by atoms with Gasteiger partial charge in [-0.15, -0.1) is 11.3 Å². The van der Waals surface area contributed by atoms with E-state index in [1.807, 2.05) is 39.0 Å². The number of fused-ring (bicyclic) bond motifs is 1. The largest absolute Gasteiger partial charge is 0.511 e. The van der Waals surface area contributed by atoms with E-state index in [0.717, 1.165) is 16.9 Å². The van der Waals surface area contributed by atoms with E-state index in [0.29, 0.717) is 19.8 Å². The van der Waals surface area contributed by atoms with Crippen molar-refractivity contribution in [2.45, 2.75) is 39.7 Å². The number of rotatable bonds is 9. The smallest absolute Gasteiger partial charge is 0.373 e.